The first-order valence-corrected chi connectivity index (χ1v) is 10.7. The fourth-order valence-corrected chi connectivity index (χ4v) is 5.14. The molecule has 0 radical (unpaired) electrons. The predicted octanol–water partition coefficient (Wildman–Crippen LogP) is 2.99. The molecule has 0 spiro atoms. The zero-order chi connectivity index (χ0) is 19.6. The summed E-state index contributed by atoms with van der Waals surface area (Å²) in [5, 5.41) is 11.5. The van der Waals surface area contributed by atoms with E-state index in [1.807, 2.05) is 38.2 Å². The lowest BCUT2D eigenvalue weighted by Crippen LogP contribution is -2.47. The third-order valence-corrected chi connectivity index (χ3v) is 7.44. The van der Waals surface area contributed by atoms with Crippen molar-refractivity contribution in [3.8, 4) is 0 Å². The van der Waals surface area contributed by atoms with Gasteiger partial charge < -0.3 is 4.90 Å². The third-order valence-electron chi connectivity index (χ3n) is 4.48. The van der Waals surface area contributed by atoms with Crippen LogP contribution in [0.1, 0.15) is 5.56 Å². The molecule has 9 heteroatoms. The maximum atomic E-state index is 12.9. The summed E-state index contributed by atoms with van der Waals surface area (Å²) in [7, 11) is -1.81. The van der Waals surface area contributed by atoms with Crippen molar-refractivity contribution in [2.45, 2.75) is 21.6 Å². The van der Waals surface area contributed by atoms with Crippen LogP contribution in [0.5, 0.6) is 0 Å². The van der Waals surface area contributed by atoms with E-state index in [1.165, 1.54) is 34.3 Å². The number of sulfonamides is 1. The second kappa shape index (κ2) is 7.97. The molecule has 144 valence electrons. The van der Waals surface area contributed by atoms with Crippen molar-refractivity contribution < 1.29 is 13.3 Å². The summed E-state index contributed by atoms with van der Waals surface area (Å²) < 4.78 is 27.1. The van der Waals surface area contributed by atoms with Gasteiger partial charge in [0.1, 0.15) is 0 Å². The molecule has 1 aliphatic heterocycles. The van der Waals surface area contributed by atoms with Gasteiger partial charge in [0.2, 0.25) is 10.0 Å². The first-order chi connectivity index (χ1) is 12.8. The normalized spacial score (nSPS) is 16.4. The van der Waals surface area contributed by atoms with E-state index < -0.39 is 14.9 Å². The molecular formula is C18H21N3O4S2. The van der Waals surface area contributed by atoms with Gasteiger partial charge >= 0.3 is 0 Å². The summed E-state index contributed by atoms with van der Waals surface area (Å²) in [4.78, 5) is 14.3. The molecule has 0 saturated carbocycles. The van der Waals surface area contributed by atoms with Crippen LogP contribution in [-0.2, 0) is 10.0 Å². The molecule has 3 rings (SSSR count). The first kappa shape index (κ1) is 19.8. The van der Waals surface area contributed by atoms with Crippen LogP contribution in [0.2, 0.25) is 0 Å². The Morgan fingerprint density at radius 3 is 2.26 bits per heavy atom. The molecule has 27 heavy (non-hydrogen) atoms. The van der Waals surface area contributed by atoms with E-state index in [1.54, 1.807) is 0 Å². The molecule has 1 saturated heterocycles. The number of likely N-dealkylation sites (N-methyl/N-ethyl adjacent to an activating group) is 1. The van der Waals surface area contributed by atoms with Crippen LogP contribution in [0, 0.1) is 17.0 Å². The quantitative estimate of drug-likeness (QED) is 0.560. The van der Waals surface area contributed by atoms with Gasteiger partial charge in [-0.2, -0.15) is 4.31 Å². The van der Waals surface area contributed by atoms with Crippen LogP contribution >= 0.6 is 11.8 Å². The number of hydrogen-bond acceptors (Lipinski definition) is 6. The molecule has 1 fully saturated rings. The van der Waals surface area contributed by atoms with Crippen LogP contribution < -0.4 is 0 Å². The first-order valence-electron chi connectivity index (χ1n) is 8.49. The van der Waals surface area contributed by atoms with Crippen molar-refractivity contribution in [1.82, 2.24) is 9.21 Å². The van der Waals surface area contributed by atoms with E-state index >= 15 is 0 Å². The fourth-order valence-electron chi connectivity index (χ4n) is 2.80. The van der Waals surface area contributed by atoms with E-state index in [9.17, 15) is 18.5 Å². The van der Waals surface area contributed by atoms with Crippen molar-refractivity contribution in [3.63, 3.8) is 0 Å². The summed E-state index contributed by atoms with van der Waals surface area (Å²) in [5.74, 6) is 0. The van der Waals surface area contributed by atoms with E-state index in [0.717, 1.165) is 10.5 Å². The third kappa shape index (κ3) is 4.49. The fraction of sp³-hybridized carbons (Fsp3) is 0.333. The maximum Gasteiger partial charge on any atom is 0.284 e. The Kier molecular flexibility index (Phi) is 5.85. The van der Waals surface area contributed by atoms with Crippen LogP contribution in [0.15, 0.2) is 57.2 Å². The number of nitro benzene ring substituents is 1. The molecule has 2 aromatic carbocycles. The van der Waals surface area contributed by atoms with Gasteiger partial charge in [-0.1, -0.05) is 29.5 Å². The summed E-state index contributed by atoms with van der Waals surface area (Å²) in [6.45, 7) is 4.01. The summed E-state index contributed by atoms with van der Waals surface area (Å²) in [6, 6.07) is 11.8. The second-order valence-corrected chi connectivity index (χ2v) is 9.56. The van der Waals surface area contributed by atoms with Crippen LogP contribution in [0.25, 0.3) is 0 Å². The van der Waals surface area contributed by atoms with E-state index in [0.29, 0.717) is 31.1 Å². The van der Waals surface area contributed by atoms with Gasteiger partial charge in [0.25, 0.3) is 5.69 Å². The Hall–Kier alpha value is -1.94. The zero-order valence-electron chi connectivity index (χ0n) is 15.2. The van der Waals surface area contributed by atoms with Gasteiger partial charge in [-0.3, -0.25) is 10.1 Å². The molecule has 0 aliphatic carbocycles. The SMILES string of the molecule is Cc1ccc(Sc2ccc(S(=O)(=O)N3CCN(C)CC3)cc2[N+](=O)[O-])cc1. The zero-order valence-corrected chi connectivity index (χ0v) is 16.8. The van der Waals surface area contributed by atoms with E-state index in [-0.39, 0.29) is 10.6 Å². The Morgan fingerprint density at radius 2 is 1.67 bits per heavy atom. The number of rotatable bonds is 5. The molecule has 2 aromatic rings. The van der Waals surface area contributed by atoms with Crippen LogP contribution in [0.3, 0.4) is 0 Å². The number of nitrogens with zero attached hydrogens (tertiary/aromatic N) is 3. The Bertz CT molecular complexity index is 938. The number of piperazine rings is 1. The minimum atomic E-state index is -3.74. The van der Waals surface area contributed by atoms with Crippen molar-refractivity contribution in [2.75, 3.05) is 33.2 Å². The molecule has 7 nitrogen and oxygen atoms in total. The molecule has 0 bridgehead atoms. The topological polar surface area (TPSA) is 83.8 Å². The maximum absolute atomic E-state index is 12.9. The van der Waals surface area contributed by atoms with Crippen molar-refractivity contribution in [1.29, 1.82) is 0 Å². The lowest BCUT2D eigenvalue weighted by molar-refractivity contribution is -0.388. The minimum absolute atomic E-state index is 0.0352. The van der Waals surface area contributed by atoms with Gasteiger partial charge in [-0.25, -0.2) is 8.42 Å². The van der Waals surface area contributed by atoms with E-state index in [2.05, 4.69) is 4.90 Å². The van der Waals surface area contributed by atoms with Gasteiger partial charge in [0.15, 0.2) is 0 Å². The number of nitro groups is 1. The molecule has 0 N–H and O–H groups in total. The molecule has 1 heterocycles. The lowest BCUT2D eigenvalue weighted by Gasteiger charge is -2.31. The van der Waals surface area contributed by atoms with Gasteiger partial charge in [-0.15, -0.1) is 0 Å². The smallest absolute Gasteiger partial charge is 0.284 e. The van der Waals surface area contributed by atoms with E-state index in [4.69, 9.17) is 0 Å². The summed E-state index contributed by atoms with van der Waals surface area (Å²) >= 11 is 1.25. The number of aryl methyl sites for hydroxylation is 1. The highest BCUT2D eigenvalue weighted by Gasteiger charge is 2.29. The monoisotopic (exact) mass is 407 g/mol. The summed E-state index contributed by atoms with van der Waals surface area (Å²) in [6.07, 6.45) is 0. The van der Waals surface area contributed by atoms with Crippen LogP contribution in [0.4, 0.5) is 5.69 Å². The second-order valence-electron chi connectivity index (χ2n) is 6.51. The molecule has 1 aliphatic rings. The highest BCUT2D eigenvalue weighted by molar-refractivity contribution is 7.99. The highest BCUT2D eigenvalue weighted by atomic mass is 32.2. The van der Waals surface area contributed by atoms with Crippen LogP contribution in [-0.4, -0.2) is 55.8 Å². The minimum Gasteiger partial charge on any atom is -0.304 e. The number of benzene rings is 2. The average molecular weight is 408 g/mol. The largest absolute Gasteiger partial charge is 0.304 e. The van der Waals surface area contributed by atoms with Gasteiger partial charge in [0.05, 0.1) is 14.7 Å². The number of hydrogen-bond donors (Lipinski definition) is 0. The summed E-state index contributed by atoms with van der Waals surface area (Å²) in [5.41, 5.74) is 0.901. The molecule has 0 amide bonds. The predicted molar refractivity (Wildman–Crippen MR) is 105 cm³/mol. The lowest BCUT2D eigenvalue weighted by atomic mass is 10.2. The van der Waals surface area contributed by atoms with Gasteiger partial charge in [0, 0.05) is 37.1 Å². The van der Waals surface area contributed by atoms with Crippen molar-refractivity contribution in [3.05, 3.63) is 58.1 Å². The van der Waals surface area contributed by atoms with Crippen molar-refractivity contribution >= 4 is 27.5 Å². The Balaban J connectivity index is 1.91. The van der Waals surface area contributed by atoms with Crippen molar-refractivity contribution in [2.24, 2.45) is 0 Å². The Morgan fingerprint density at radius 1 is 1.04 bits per heavy atom. The molecule has 0 atom stereocenters. The molecular weight excluding hydrogens is 386 g/mol. The molecule has 0 aromatic heterocycles. The van der Waals surface area contributed by atoms with Gasteiger partial charge in [-0.05, 0) is 38.2 Å². The molecule has 0 unspecified atom stereocenters. The Labute approximate surface area is 163 Å². The average Bonchev–Trinajstić information content (AvgIpc) is 2.64. The standard InChI is InChI=1S/C18H21N3O4S2/c1-14-3-5-15(6-4-14)26-18-8-7-16(13-17(18)21(22)23)27(24,25)20-11-9-19(2)10-12-20/h3-8,13H,9-12H2,1-2H3. The highest BCUT2D eigenvalue weighted by Crippen LogP contribution is 2.36.